The molecule has 1 amide bonds. The largest absolute Gasteiger partial charge is 0.387 e. The number of aliphatic hydroxyl groups is 1. The van der Waals surface area contributed by atoms with Crippen LogP contribution in [0.1, 0.15) is 24.6 Å². The van der Waals surface area contributed by atoms with Gasteiger partial charge >= 0.3 is 0 Å². The van der Waals surface area contributed by atoms with Crippen LogP contribution in [-0.4, -0.2) is 48.7 Å². The molecule has 0 fully saturated rings. The molecule has 19 heavy (non-hydrogen) atoms. The zero-order chi connectivity index (χ0) is 14.3. The van der Waals surface area contributed by atoms with Gasteiger partial charge in [0.25, 0.3) is 0 Å². The number of likely N-dealkylation sites (N-methyl/N-ethyl adjacent to an activating group) is 1. The molecule has 1 heterocycles. The summed E-state index contributed by atoms with van der Waals surface area (Å²) in [5.74, 6) is 0.00980. The first-order valence-electron chi connectivity index (χ1n) is 6.55. The monoisotopic (exact) mass is 284 g/mol. The molecule has 1 aromatic heterocycles. The van der Waals surface area contributed by atoms with Crippen LogP contribution in [0.4, 0.5) is 0 Å². The summed E-state index contributed by atoms with van der Waals surface area (Å²) in [6.45, 7) is 2.56. The third-order valence-electron chi connectivity index (χ3n) is 2.73. The maximum atomic E-state index is 11.7. The van der Waals surface area contributed by atoms with Crippen LogP contribution in [0.25, 0.3) is 0 Å². The average Bonchev–Trinajstić information content (AvgIpc) is 2.78. The van der Waals surface area contributed by atoms with E-state index in [1.807, 2.05) is 30.4 Å². The molecule has 1 atom stereocenters. The van der Waals surface area contributed by atoms with Crippen molar-refractivity contribution in [3.05, 3.63) is 22.4 Å². The van der Waals surface area contributed by atoms with Gasteiger partial charge in [-0.25, -0.2) is 0 Å². The quantitative estimate of drug-likeness (QED) is 0.760. The number of rotatable bonds is 8. The van der Waals surface area contributed by atoms with E-state index in [4.69, 9.17) is 0 Å². The fourth-order valence-electron chi connectivity index (χ4n) is 1.99. The number of nitrogens with zero attached hydrogens (tertiary/aromatic N) is 1. The van der Waals surface area contributed by atoms with Crippen LogP contribution >= 0.6 is 11.3 Å². The van der Waals surface area contributed by atoms with Crippen molar-refractivity contribution in [2.75, 3.05) is 27.2 Å². The molecule has 4 nitrogen and oxygen atoms in total. The van der Waals surface area contributed by atoms with Crippen molar-refractivity contribution in [3.8, 4) is 0 Å². The predicted molar refractivity (Wildman–Crippen MR) is 79.4 cm³/mol. The molecule has 0 radical (unpaired) electrons. The van der Waals surface area contributed by atoms with Gasteiger partial charge in [0.05, 0.1) is 5.60 Å². The van der Waals surface area contributed by atoms with Crippen LogP contribution < -0.4 is 5.32 Å². The molecule has 0 saturated carbocycles. The number of hydrogen-bond acceptors (Lipinski definition) is 4. The lowest BCUT2D eigenvalue weighted by Crippen LogP contribution is -2.47. The van der Waals surface area contributed by atoms with E-state index >= 15 is 0 Å². The minimum atomic E-state index is -0.882. The second kappa shape index (κ2) is 7.62. The number of thiophene rings is 1. The van der Waals surface area contributed by atoms with E-state index in [2.05, 4.69) is 11.4 Å². The molecule has 0 spiro atoms. The highest BCUT2D eigenvalue weighted by Crippen LogP contribution is 2.11. The van der Waals surface area contributed by atoms with Crippen LogP contribution in [0.2, 0.25) is 0 Å². The SMILES string of the molecule is CN(C)CC(C)(O)CNC(=O)CCCc1cccs1. The first-order valence-corrected chi connectivity index (χ1v) is 7.43. The lowest BCUT2D eigenvalue weighted by Gasteiger charge is -2.27. The summed E-state index contributed by atoms with van der Waals surface area (Å²) in [7, 11) is 3.80. The first-order chi connectivity index (χ1) is 8.89. The second-order valence-electron chi connectivity index (χ2n) is 5.44. The molecular weight excluding hydrogens is 260 g/mol. The van der Waals surface area contributed by atoms with Gasteiger partial charge in [0.1, 0.15) is 0 Å². The molecule has 1 aromatic rings. The normalized spacial score (nSPS) is 14.4. The zero-order valence-corrected chi connectivity index (χ0v) is 12.8. The molecule has 0 saturated heterocycles. The average molecular weight is 284 g/mol. The highest BCUT2D eigenvalue weighted by Gasteiger charge is 2.21. The molecule has 108 valence electrons. The van der Waals surface area contributed by atoms with Gasteiger partial charge in [0.15, 0.2) is 0 Å². The molecule has 2 N–H and O–H groups in total. The van der Waals surface area contributed by atoms with Gasteiger partial charge in [-0.15, -0.1) is 11.3 Å². The standard InChI is InChI=1S/C14H24N2O2S/c1-14(18,11-16(2)3)10-15-13(17)8-4-6-12-7-5-9-19-12/h5,7,9,18H,4,6,8,10-11H2,1-3H3,(H,15,17). The Bertz CT molecular complexity index is 375. The van der Waals surface area contributed by atoms with Crippen molar-refractivity contribution in [3.63, 3.8) is 0 Å². The molecular formula is C14H24N2O2S. The van der Waals surface area contributed by atoms with Crippen molar-refractivity contribution in [2.45, 2.75) is 31.8 Å². The number of nitrogens with one attached hydrogen (secondary N) is 1. The lowest BCUT2D eigenvalue weighted by molar-refractivity contribution is -0.122. The zero-order valence-electron chi connectivity index (χ0n) is 12.0. The molecule has 5 heteroatoms. The van der Waals surface area contributed by atoms with Gasteiger partial charge < -0.3 is 15.3 Å². The minimum absolute atomic E-state index is 0.00980. The number of carbonyl (C=O) groups excluding carboxylic acids is 1. The molecule has 0 aliphatic carbocycles. The summed E-state index contributed by atoms with van der Waals surface area (Å²) in [6.07, 6.45) is 2.30. The highest BCUT2D eigenvalue weighted by molar-refractivity contribution is 7.09. The first kappa shape index (κ1) is 16.1. The highest BCUT2D eigenvalue weighted by atomic mass is 32.1. The lowest BCUT2D eigenvalue weighted by atomic mass is 10.1. The van der Waals surface area contributed by atoms with Crippen LogP contribution in [0.5, 0.6) is 0 Å². The van der Waals surface area contributed by atoms with Gasteiger partial charge in [0.2, 0.25) is 5.91 Å². The Kier molecular flexibility index (Phi) is 6.48. The summed E-state index contributed by atoms with van der Waals surface area (Å²) in [5.41, 5.74) is -0.882. The Labute approximate surface area is 119 Å². The number of aryl methyl sites for hydroxylation is 1. The van der Waals surface area contributed by atoms with E-state index in [1.165, 1.54) is 4.88 Å². The number of carbonyl (C=O) groups is 1. The fourth-order valence-corrected chi connectivity index (χ4v) is 2.74. The molecule has 1 rings (SSSR count). The maximum absolute atomic E-state index is 11.7. The van der Waals surface area contributed by atoms with E-state index in [9.17, 15) is 9.90 Å². The Hall–Kier alpha value is -0.910. The maximum Gasteiger partial charge on any atom is 0.220 e. The van der Waals surface area contributed by atoms with Crippen LogP contribution in [0, 0.1) is 0 Å². The fraction of sp³-hybridized carbons (Fsp3) is 0.643. The van der Waals surface area contributed by atoms with Crippen LogP contribution in [0.15, 0.2) is 17.5 Å². The van der Waals surface area contributed by atoms with Crippen LogP contribution in [-0.2, 0) is 11.2 Å². The van der Waals surface area contributed by atoms with Gasteiger partial charge in [-0.1, -0.05) is 6.07 Å². The van der Waals surface area contributed by atoms with Crippen molar-refractivity contribution in [1.82, 2.24) is 10.2 Å². The van der Waals surface area contributed by atoms with E-state index in [0.29, 0.717) is 19.5 Å². The summed E-state index contributed by atoms with van der Waals surface area (Å²) < 4.78 is 0. The topological polar surface area (TPSA) is 52.6 Å². The van der Waals surface area contributed by atoms with Crippen molar-refractivity contribution < 1.29 is 9.90 Å². The van der Waals surface area contributed by atoms with Crippen LogP contribution in [0.3, 0.4) is 0 Å². The smallest absolute Gasteiger partial charge is 0.220 e. The Balaban J connectivity index is 2.17. The van der Waals surface area contributed by atoms with E-state index in [1.54, 1.807) is 18.3 Å². The summed E-state index contributed by atoms with van der Waals surface area (Å²) >= 11 is 1.72. The Morgan fingerprint density at radius 2 is 2.26 bits per heavy atom. The Morgan fingerprint density at radius 3 is 2.84 bits per heavy atom. The van der Waals surface area contributed by atoms with E-state index in [-0.39, 0.29) is 5.91 Å². The van der Waals surface area contributed by atoms with Crippen molar-refractivity contribution in [2.24, 2.45) is 0 Å². The van der Waals surface area contributed by atoms with E-state index in [0.717, 1.165) is 12.8 Å². The van der Waals surface area contributed by atoms with Gasteiger partial charge in [-0.2, -0.15) is 0 Å². The summed E-state index contributed by atoms with van der Waals surface area (Å²) in [4.78, 5) is 14.9. The third-order valence-corrected chi connectivity index (χ3v) is 3.67. The van der Waals surface area contributed by atoms with Crippen molar-refractivity contribution >= 4 is 17.2 Å². The van der Waals surface area contributed by atoms with Crippen molar-refractivity contribution in [1.29, 1.82) is 0 Å². The minimum Gasteiger partial charge on any atom is -0.387 e. The molecule has 0 bridgehead atoms. The molecule has 1 unspecified atom stereocenters. The van der Waals surface area contributed by atoms with Gasteiger partial charge in [-0.3, -0.25) is 4.79 Å². The molecule has 0 aliphatic rings. The number of hydrogen-bond donors (Lipinski definition) is 2. The molecule has 0 aliphatic heterocycles. The van der Waals surface area contributed by atoms with E-state index < -0.39 is 5.60 Å². The van der Waals surface area contributed by atoms with Gasteiger partial charge in [-0.05, 0) is 45.3 Å². The number of amides is 1. The summed E-state index contributed by atoms with van der Waals surface area (Å²) in [5, 5.41) is 14.9. The predicted octanol–water partition coefficient (Wildman–Crippen LogP) is 1.50. The third kappa shape index (κ3) is 7.30. The molecule has 0 aromatic carbocycles. The summed E-state index contributed by atoms with van der Waals surface area (Å²) in [6, 6.07) is 4.11. The second-order valence-corrected chi connectivity index (χ2v) is 6.48. The van der Waals surface area contributed by atoms with Gasteiger partial charge in [0, 0.05) is 24.4 Å². The Morgan fingerprint density at radius 1 is 1.53 bits per heavy atom.